The second kappa shape index (κ2) is 6.02. The van der Waals surface area contributed by atoms with Gasteiger partial charge in [-0.15, -0.1) is 11.3 Å². The third kappa shape index (κ3) is 3.16. The molecule has 0 radical (unpaired) electrons. The van der Waals surface area contributed by atoms with Crippen molar-refractivity contribution in [2.75, 3.05) is 11.9 Å². The van der Waals surface area contributed by atoms with E-state index in [1.54, 1.807) is 11.3 Å². The minimum atomic E-state index is 0.0679. The highest BCUT2D eigenvalue weighted by molar-refractivity contribution is 9.10. The number of ether oxygens (including phenoxy) is 1. The number of hydrogen-bond acceptors (Lipinski definition) is 5. The van der Waals surface area contributed by atoms with Crippen LogP contribution in [0.5, 0.6) is 0 Å². The number of hydrogen-bond donors (Lipinski definition) is 1. The molecule has 0 aliphatic carbocycles. The zero-order valence-electron chi connectivity index (χ0n) is 10.4. The fourth-order valence-electron chi connectivity index (χ4n) is 2.18. The van der Waals surface area contributed by atoms with Crippen molar-refractivity contribution in [1.29, 1.82) is 0 Å². The molecule has 1 aliphatic rings. The van der Waals surface area contributed by atoms with Crippen molar-refractivity contribution in [2.45, 2.75) is 32.0 Å². The SMILES string of the molecule is Brc1cc(CNc2cncs2)n(C2CCCCO2)n1. The van der Waals surface area contributed by atoms with Gasteiger partial charge in [-0.25, -0.2) is 4.68 Å². The summed E-state index contributed by atoms with van der Waals surface area (Å²) in [5.74, 6) is 0. The molecule has 1 N–H and O–H groups in total. The highest BCUT2D eigenvalue weighted by atomic mass is 79.9. The van der Waals surface area contributed by atoms with Crippen LogP contribution in [0.1, 0.15) is 31.2 Å². The monoisotopic (exact) mass is 342 g/mol. The topological polar surface area (TPSA) is 52.0 Å². The van der Waals surface area contributed by atoms with Gasteiger partial charge in [-0.2, -0.15) is 5.10 Å². The van der Waals surface area contributed by atoms with Gasteiger partial charge in [0.05, 0.1) is 23.9 Å². The first kappa shape index (κ1) is 13.1. The number of halogens is 1. The van der Waals surface area contributed by atoms with Crippen molar-refractivity contribution in [3.8, 4) is 0 Å². The Kier molecular flexibility index (Phi) is 4.15. The summed E-state index contributed by atoms with van der Waals surface area (Å²) in [5, 5.41) is 8.91. The second-order valence-corrected chi connectivity index (χ2v) is 6.14. The van der Waals surface area contributed by atoms with Gasteiger partial charge in [0, 0.05) is 6.61 Å². The molecule has 7 heteroatoms. The van der Waals surface area contributed by atoms with Gasteiger partial charge in [0.25, 0.3) is 0 Å². The third-order valence-electron chi connectivity index (χ3n) is 3.09. The minimum Gasteiger partial charge on any atom is -0.370 e. The van der Waals surface area contributed by atoms with E-state index in [-0.39, 0.29) is 6.23 Å². The zero-order chi connectivity index (χ0) is 13.1. The lowest BCUT2D eigenvalue weighted by atomic mass is 10.2. The van der Waals surface area contributed by atoms with Gasteiger partial charge in [-0.1, -0.05) is 0 Å². The molecule has 1 saturated heterocycles. The summed E-state index contributed by atoms with van der Waals surface area (Å²) < 4.78 is 8.63. The molecule has 0 aromatic carbocycles. The van der Waals surface area contributed by atoms with Gasteiger partial charge < -0.3 is 10.1 Å². The number of rotatable bonds is 4. The Labute approximate surface area is 124 Å². The van der Waals surface area contributed by atoms with Crippen LogP contribution >= 0.6 is 27.3 Å². The number of thiazole rings is 1. The van der Waals surface area contributed by atoms with E-state index in [0.29, 0.717) is 0 Å². The Balaban J connectivity index is 1.72. The predicted molar refractivity (Wildman–Crippen MR) is 78.2 cm³/mol. The summed E-state index contributed by atoms with van der Waals surface area (Å²) in [6.45, 7) is 1.55. The predicted octanol–water partition coefficient (Wildman–Crippen LogP) is 3.41. The van der Waals surface area contributed by atoms with Crippen LogP contribution < -0.4 is 5.32 Å². The molecule has 19 heavy (non-hydrogen) atoms. The average molecular weight is 343 g/mol. The van der Waals surface area contributed by atoms with Crippen LogP contribution in [0.4, 0.5) is 5.00 Å². The van der Waals surface area contributed by atoms with Gasteiger partial charge in [-0.05, 0) is 41.3 Å². The lowest BCUT2D eigenvalue weighted by Gasteiger charge is -2.24. The summed E-state index contributed by atoms with van der Waals surface area (Å²) in [7, 11) is 0. The molecule has 102 valence electrons. The molecule has 0 spiro atoms. The average Bonchev–Trinajstić information content (AvgIpc) is 3.06. The molecule has 3 heterocycles. The van der Waals surface area contributed by atoms with Crippen LogP contribution in [-0.2, 0) is 11.3 Å². The Bertz CT molecular complexity index is 522. The lowest BCUT2D eigenvalue weighted by Crippen LogP contribution is -2.21. The first-order chi connectivity index (χ1) is 9.33. The van der Waals surface area contributed by atoms with Crippen LogP contribution in [0, 0.1) is 0 Å². The van der Waals surface area contributed by atoms with Crippen LogP contribution in [0.25, 0.3) is 0 Å². The molecule has 2 aromatic heterocycles. The lowest BCUT2D eigenvalue weighted by molar-refractivity contribution is -0.0411. The van der Waals surface area contributed by atoms with Crippen molar-refractivity contribution in [3.05, 3.63) is 28.1 Å². The van der Waals surface area contributed by atoms with Gasteiger partial charge in [0.2, 0.25) is 0 Å². The van der Waals surface area contributed by atoms with E-state index in [1.165, 1.54) is 6.42 Å². The number of nitrogens with zero attached hydrogens (tertiary/aromatic N) is 3. The van der Waals surface area contributed by atoms with Crippen molar-refractivity contribution in [1.82, 2.24) is 14.8 Å². The molecule has 1 atom stereocenters. The van der Waals surface area contributed by atoms with Crippen molar-refractivity contribution >= 4 is 32.3 Å². The highest BCUT2D eigenvalue weighted by Gasteiger charge is 2.19. The second-order valence-electron chi connectivity index (χ2n) is 4.44. The first-order valence-electron chi connectivity index (χ1n) is 6.31. The normalized spacial score (nSPS) is 19.5. The fourth-order valence-corrected chi connectivity index (χ4v) is 3.13. The molecular formula is C12H15BrN4OS. The maximum Gasteiger partial charge on any atom is 0.150 e. The quantitative estimate of drug-likeness (QED) is 0.924. The van der Waals surface area contributed by atoms with E-state index >= 15 is 0 Å². The summed E-state index contributed by atoms with van der Waals surface area (Å²) in [4.78, 5) is 4.05. The molecule has 3 rings (SSSR count). The molecule has 0 saturated carbocycles. The Morgan fingerprint density at radius 2 is 2.47 bits per heavy atom. The van der Waals surface area contributed by atoms with E-state index < -0.39 is 0 Å². The Morgan fingerprint density at radius 3 is 3.21 bits per heavy atom. The smallest absolute Gasteiger partial charge is 0.150 e. The summed E-state index contributed by atoms with van der Waals surface area (Å²) >= 11 is 5.04. The van der Waals surface area contributed by atoms with E-state index in [1.807, 2.05) is 22.5 Å². The van der Waals surface area contributed by atoms with Crippen LogP contribution in [0.3, 0.4) is 0 Å². The number of anilines is 1. The van der Waals surface area contributed by atoms with Crippen molar-refractivity contribution in [2.24, 2.45) is 0 Å². The summed E-state index contributed by atoms with van der Waals surface area (Å²) in [5.41, 5.74) is 2.94. The molecule has 1 unspecified atom stereocenters. The van der Waals surface area contributed by atoms with E-state index in [2.05, 4.69) is 31.3 Å². The van der Waals surface area contributed by atoms with Gasteiger partial charge in [0.1, 0.15) is 9.60 Å². The molecule has 1 fully saturated rings. The van der Waals surface area contributed by atoms with Crippen LogP contribution in [0.15, 0.2) is 22.4 Å². The van der Waals surface area contributed by atoms with E-state index in [4.69, 9.17) is 4.74 Å². The van der Waals surface area contributed by atoms with Gasteiger partial charge in [-0.3, -0.25) is 4.98 Å². The molecule has 5 nitrogen and oxygen atoms in total. The summed E-state index contributed by atoms with van der Waals surface area (Å²) in [6.07, 6.45) is 5.27. The maximum absolute atomic E-state index is 5.80. The largest absolute Gasteiger partial charge is 0.370 e. The zero-order valence-corrected chi connectivity index (χ0v) is 12.8. The fraction of sp³-hybridized carbons (Fsp3) is 0.500. The third-order valence-corrected chi connectivity index (χ3v) is 4.21. The Hall–Kier alpha value is -0.920. The molecule has 0 amide bonds. The molecule has 1 aliphatic heterocycles. The molecular weight excluding hydrogens is 328 g/mol. The van der Waals surface area contributed by atoms with Gasteiger partial charge >= 0.3 is 0 Å². The van der Waals surface area contributed by atoms with E-state index in [9.17, 15) is 0 Å². The maximum atomic E-state index is 5.80. The Morgan fingerprint density at radius 1 is 1.53 bits per heavy atom. The standard InChI is InChI=1S/C12H15BrN4OS/c13-10-5-9(6-15-11-7-14-8-19-11)17(16-10)12-3-1-2-4-18-12/h5,7-8,12,15H,1-4,6H2. The first-order valence-corrected chi connectivity index (χ1v) is 7.98. The minimum absolute atomic E-state index is 0.0679. The van der Waals surface area contributed by atoms with E-state index in [0.717, 1.165) is 41.3 Å². The highest BCUT2D eigenvalue weighted by Crippen LogP contribution is 2.26. The molecule has 2 aromatic rings. The van der Waals surface area contributed by atoms with Crippen LogP contribution in [0.2, 0.25) is 0 Å². The molecule has 0 bridgehead atoms. The van der Waals surface area contributed by atoms with Crippen molar-refractivity contribution < 1.29 is 4.74 Å². The van der Waals surface area contributed by atoms with Gasteiger partial charge in [0.15, 0.2) is 6.23 Å². The number of nitrogens with one attached hydrogen (secondary N) is 1. The van der Waals surface area contributed by atoms with Crippen molar-refractivity contribution in [3.63, 3.8) is 0 Å². The number of aromatic nitrogens is 3. The summed E-state index contributed by atoms with van der Waals surface area (Å²) in [6, 6.07) is 2.03. The van der Waals surface area contributed by atoms with Crippen LogP contribution in [-0.4, -0.2) is 21.4 Å².